The van der Waals surface area contributed by atoms with Crippen LogP contribution in [0, 0.1) is 10.8 Å². The summed E-state index contributed by atoms with van der Waals surface area (Å²) in [6.07, 6.45) is 1.58. The van der Waals surface area contributed by atoms with E-state index < -0.39 is 23.0 Å². The van der Waals surface area contributed by atoms with Gasteiger partial charge in [0.05, 0.1) is 12.2 Å². The van der Waals surface area contributed by atoms with Crippen molar-refractivity contribution in [1.82, 2.24) is 10.9 Å². The van der Waals surface area contributed by atoms with Crippen molar-refractivity contribution in [1.29, 1.82) is 0 Å². The minimum absolute atomic E-state index is 0.268. The van der Waals surface area contributed by atoms with Gasteiger partial charge < -0.3 is 10.2 Å². The first-order chi connectivity index (χ1) is 11.0. The lowest BCUT2D eigenvalue weighted by Crippen LogP contribution is -2.41. The van der Waals surface area contributed by atoms with Gasteiger partial charge in [0.1, 0.15) is 0 Å². The van der Waals surface area contributed by atoms with Crippen molar-refractivity contribution in [2.24, 2.45) is 22.5 Å². The number of amides is 2. The second-order valence-corrected chi connectivity index (χ2v) is 7.68. The summed E-state index contributed by atoms with van der Waals surface area (Å²) < 4.78 is 0. The van der Waals surface area contributed by atoms with Gasteiger partial charge in [0, 0.05) is 10.8 Å². The van der Waals surface area contributed by atoms with Crippen molar-refractivity contribution in [3.8, 4) is 0 Å². The lowest BCUT2D eigenvalue weighted by molar-refractivity contribution is -0.130. The maximum Gasteiger partial charge on any atom is 0.239 e. The van der Waals surface area contributed by atoms with Gasteiger partial charge in [0.15, 0.2) is 0 Å². The van der Waals surface area contributed by atoms with E-state index in [-0.39, 0.29) is 11.8 Å². The van der Waals surface area contributed by atoms with E-state index in [1.54, 1.807) is 27.7 Å². The molecule has 0 fully saturated rings. The Bertz CT molecular complexity index is 375. The van der Waals surface area contributed by atoms with E-state index in [2.05, 4.69) is 10.9 Å². The minimum Gasteiger partial charge on any atom is -0.393 e. The third kappa shape index (κ3) is 8.05. The number of aliphatic hydroxyl groups is 2. The van der Waals surface area contributed by atoms with Gasteiger partial charge in [-0.1, -0.05) is 27.7 Å². The zero-order valence-electron chi connectivity index (χ0n) is 15.3. The molecular formula is C16H34N4O4. The fourth-order valence-corrected chi connectivity index (χ4v) is 2.35. The van der Waals surface area contributed by atoms with E-state index in [1.807, 2.05) is 0 Å². The molecule has 0 radical (unpaired) electrons. The van der Waals surface area contributed by atoms with Gasteiger partial charge >= 0.3 is 0 Å². The maximum absolute atomic E-state index is 11.6. The van der Waals surface area contributed by atoms with Gasteiger partial charge in [-0.15, -0.1) is 0 Å². The summed E-state index contributed by atoms with van der Waals surface area (Å²) in [6, 6.07) is 0. The lowest BCUT2D eigenvalue weighted by atomic mass is 9.84. The first-order valence-electron chi connectivity index (χ1n) is 8.34. The van der Waals surface area contributed by atoms with Crippen molar-refractivity contribution in [3.63, 3.8) is 0 Å². The highest BCUT2D eigenvalue weighted by molar-refractivity contribution is 5.81. The van der Waals surface area contributed by atoms with Gasteiger partial charge in [-0.05, 0) is 38.5 Å². The van der Waals surface area contributed by atoms with E-state index in [4.69, 9.17) is 11.7 Å². The molecule has 0 heterocycles. The smallest absolute Gasteiger partial charge is 0.239 e. The number of aliphatic hydroxyl groups excluding tert-OH is 2. The monoisotopic (exact) mass is 346 g/mol. The quantitative estimate of drug-likeness (QED) is 0.177. The molecule has 0 aliphatic heterocycles. The summed E-state index contributed by atoms with van der Waals surface area (Å²) >= 11 is 0. The number of hydrogen-bond donors (Lipinski definition) is 6. The Kier molecular flexibility index (Phi) is 9.42. The highest BCUT2D eigenvalue weighted by atomic mass is 16.3. The molecule has 142 valence electrons. The molecule has 0 aliphatic rings. The van der Waals surface area contributed by atoms with Crippen LogP contribution in [0.1, 0.15) is 66.2 Å². The van der Waals surface area contributed by atoms with Gasteiger partial charge in [-0.2, -0.15) is 0 Å². The number of rotatable bonds is 11. The van der Waals surface area contributed by atoms with Crippen LogP contribution in [0.2, 0.25) is 0 Å². The van der Waals surface area contributed by atoms with Crippen LogP contribution < -0.4 is 22.5 Å². The number of carbonyl (C=O) groups excluding carboxylic acids is 2. The van der Waals surface area contributed by atoms with Crippen LogP contribution in [0.3, 0.4) is 0 Å². The van der Waals surface area contributed by atoms with Gasteiger partial charge in [-0.25, -0.2) is 11.7 Å². The highest BCUT2D eigenvalue weighted by Crippen LogP contribution is 2.26. The minimum atomic E-state index is -0.645. The van der Waals surface area contributed by atoms with E-state index in [0.717, 1.165) is 0 Å². The van der Waals surface area contributed by atoms with Crippen LogP contribution in [-0.2, 0) is 9.59 Å². The summed E-state index contributed by atoms with van der Waals surface area (Å²) in [5.74, 6) is 9.73. The van der Waals surface area contributed by atoms with Crippen molar-refractivity contribution in [2.45, 2.75) is 78.4 Å². The standard InChI is InChI=1S/C16H34N4O4/c1-15(2,13(23)19-17)9-7-11(21)5-6-12(22)8-10-16(3,4)14(24)20-18/h11-12,21-22H,5-10,17-18H2,1-4H3,(H,19,23)(H,20,24). The number of nitrogens with one attached hydrogen (secondary N) is 2. The van der Waals surface area contributed by atoms with Crippen molar-refractivity contribution >= 4 is 11.8 Å². The Hall–Kier alpha value is -1.22. The Morgan fingerprint density at radius 2 is 1.08 bits per heavy atom. The molecule has 0 bridgehead atoms. The molecule has 0 saturated heterocycles. The zero-order valence-corrected chi connectivity index (χ0v) is 15.3. The van der Waals surface area contributed by atoms with E-state index in [0.29, 0.717) is 38.5 Å². The third-order valence-corrected chi connectivity index (χ3v) is 4.53. The van der Waals surface area contributed by atoms with E-state index >= 15 is 0 Å². The largest absolute Gasteiger partial charge is 0.393 e. The Morgan fingerprint density at radius 1 is 0.792 bits per heavy atom. The third-order valence-electron chi connectivity index (χ3n) is 4.53. The summed E-state index contributed by atoms with van der Waals surface area (Å²) in [4.78, 5) is 23.1. The fraction of sp³-hybridized carbons (Fsp3) is 0.875. The summed E-state index contributed by atoms with van der Waals surface area (Å²) in [7, 11) is 0. The lowest BCUT2D eigenvalue weighted by Gasteiger charge is -2.25. The van der Waals surface area contributed by atoms with E-state index in [9.17, 15) is 19.8 Å². The molecule has 24 heavy (non-hydrogen) atoms. The molecule has 8 N–H and O–H groups in total. The van der Waals surface area contributed by atoms with Crippen LogP contribution in [0.4, 0.5) is 0 Å². The summed E-state index contributed by atoms with van der Waals surface area (Å²) in [6.45, 7) is 7.06. The molecule has 0 saturated carbocycles. The molecule has 2 atom stereocenters. The fourth-order valence-electron chi connectivity index (χ4n) is 2.35. The van der Waals surface area contributed by atoms with Crippen LogP contribution in [0.25, 0.3) is 0 Å². The second-order valence-electron chi connectivity index (χ2n) is 7.68. The molecule has 0 aliphatic carbocycles. The Balaban J connectivity index is 4.12. The van der Waals surface area contributed by atoms with Gasteiger partial charge in [0.2, 0.25) is 11.8 Å². The predicted molar refractivity (Wildman–Crippen MR) is 91.9 cm³/mol. The van der Waals surface area contributed by atoms with Crippen molar-refractivity contribution in [2.75, 3.05) is 0 Å². The van der Waals surface area contributed by atoms with Crippen LogP contribution in [-0.4, -0.2) is 34.2 Å². The number of hydrazine groups is 2. The number of carbonyl (C=O) groups is 2. The van der Waals surface area contributed by atoms with Crippen LogP contribution >= 0.6 is 0 Å². The molecule has 2 unspecified atom stereocenters. The molecule has 0 spiro atoms. The predicted octanol–water partition coefficient (Wildman–Crippen LogP) is 0.0810. The molecule has 0 aromatic carbocycles. The first kappa shape index (κ1) is 22.8. The average molecular weight is 346 g/mol. The van der Waals surface area contributed by atoms with Crippen LogP contribution in [0.15, 0.2) is 0 Å². The molecule has 8 heteroatoms. The first-order valence-corrected chi connectivity index (χ1v) is 8.34. The Morgan fingerprint density at radius 3 is 1.33 bits per heavy atom. The second kappa shape index (κ2) is 9.93. The number of nitrogens with two attached hydrogens (primary N) is 2. The topological polar surface area (TPSA) is 151 Å². The molecule has 2 amide bonds. The molecule has 0 aromatic heterocycles. The van der Waals surface area contributed by atoms with Gasteiger partial charge in [0.25, 0.3) is 0 Å². The zero-order chi connectivity index (χ0) is 19.0. The molecule has 0 rings (SSSR count). The molecule has 0 aromatic rings. The number of hydrogen-bond acceptors (Lipinski definition) is 6. The van der Waals surface area contributed by atoms with Crippen molar-refractivity contribution in [3.05, 3.63) is 0 Å². The Labute approximate surface area is 144 Å². The average Bonchev–Trinajstić information content (AvgIpc) is 2.54. The highest BCUT2D eigenvalue weighted by Gasteiger charge is 2.29. The van der Waals surface area contributed by atoms with Gasteiger partial charge in [-0.3, -0.25) is 20.4 Å². The maximum atomic E-state index is 11.6. The van der Waals surface area contributed by atoms with E-state index in [1.165, 1.54) is 0 Å². The van der Waals surface area contributed by atoms with Crippen LogP contribution in [0.5, 0.6) is 0 Å². The summed E-state index contributed by atoms with van der Waals surface area (Å²) in [5, 5.41) is 20.0. The summed E-state index contributed by atoms with van der Waals surface area (Å²) in [5.41, 5.74) is 2.95. The molecule has 8 nitrogen and oxygen atoms in total. The molecular weight excluding hydrogens is 312 g/mol. The normalized spacial score (nSPS) is 14.8. The van der Waals surface area contributed by atoms with Crippen molar-refractivity contribution < 1.29 is 19.8 Å². The SMILES string of the molecule is CC(C)(CCC(O)CCC(O)CCC(C)(C)C(=O)NN)C(=O)NN.